The summed E-state index contributed by atoms with van der Waals surface area (Å²) >= 11 is 0. The van der Waals surface area contributed by atoms with E-state index in [2.05, 4.69) is 267 Å². The maximum Gasteiger partial charge on any atom is 0.143 e. The molecule has 2 aromatic heterocycles. The number of benzene rings is 14. The van der Waals surface area contributed by atoms with Crippen molar-refractivity contribution >= 4 is 87.0 Å². The molecule has 16 aromatic rings. The molecular formula is C77H46O2. The molecule has 0 amide bonds. The van der Waals surface area contributed by atoms with Gasteiger partial charge in [0.05, 0.1) is 0 Å². The Morgan fingerprint density at radius 1 is 0.203 bits per heavy atom. The SMILES string of the molecule is c1ccc2cc(-c3ccc4oc5c(-c6ccc7c(c6)-c6cc(-c8cc(-c9ccc%10ccccc%10c9)cc9c8oc8ccc(-c%10ccc%11ccccc%11c%10)cc89)ccc6C7)cc(-c6ccc7ccccc7c6)cc5c4c3)ccc2c1. The fraction of sp³-hybridized carbons (Fsp3) is 0.0130. The van der Waals surface area contributed by atoms with Gasteiger partial charge in [-0.25, -0.2) is 0 Å². The molecule has 17 rings (SSSR count). The maximum absolute atomic E-state index is 7.00. The highest BCUT2D eigenvalue weighted by atomic mass is 16.3. The zero-order valence-corrected chi connectivity index (χ0v) is 42.9. The number of rotatable bonds is 6. The van der Waals surface area contributed by atoms with Gasteiger partial charge >= 0.3 is 0 Å². The highest BCUT2D eigenvalue weighted by molar-refractivity contribution is 6.15. The first kappa shape index (κ1) is 43.9. The molecule has 2 heterocycles. The first-order valence-electron chi connectivity index (χ1n) is 27.3. The van der Waals surface area contributed by atoms with Gasteiger partial charge in [-0.15, -0.1) is 0 Å². The molecular weight excluding hydrogens is 957 g/mol. The van der Waals surface area contributed by atoms with E-state index in [9.17, 15) is 0 Å². The second-order valence-corrected chi connectivity index (χ2v) is 21.6. The zero-order valence-electron chi connectivity index (χ0n) is 42.9. The molecule has 0 spiro atoms. The van der Waals surface area contributed by atoms with Crippen LogP contribution in [0, 0.1) is 0 Å². The Morgan fingerprint density at radius 2 is 0.494 bits per heavy atom. The van der Waals surface area contributed by atoms with Crippen LogP contribution in [0.15, 0.2) is 276 Å². The van der Waals surface area contributed by atoms with Crippen LogP contribution in [0.2, 0.25) is 0 Å². The Labute approximate surface area is 455 Å². The van der Waals surface area contributed by atoms with E-state index in [1.807, 2.05) is 0 Å². The van der Waals surface area contributed by atoms with Gasteiger partial charge in [0.2, 0.25) is 0 Å². The Kier molecular flexibility index (Phi) is 9.51. The van der Waals surface area contributed by atoms with Gasteiger partial charge in [0.15, 0.2) is 0 Å². The van der Waals surface area contributed by atoms with Crippen LogP contribution in [0.4, 0.5) is 0 Å². The number of hydrogen-bond acceptors (Lipinski definition) is 2. The topological polar surface area (TPSA) is 26.3 Å². The Hall–Kier alpha value is -10.3. The molecule has 1 aliphatic carbocycles. The predicted octanol–water partition coefficient (Wildman–Crippen LogP) is 21.7. The molecule has 0 N–H and O–H groups in total. The number of furan rings is 2. The third-order valence-electron chi connectivity index (χ3n) is 17.0. The molecule has 0 fully saturated rings. The van der Waals surface area contributed by atoms with E-state index < -0.39 is 0 Å². The summed E-state index contributed by atoms with van der Waals surface area (Å²) in [7, 11) is 0. The van der Waals surface area contributed by atoms with Gasteiger partial charge in [-0.1, -0.05) is 182 Å². The van der Waals surface area contributed by atoms with Crippen LogP contribution in [0.25, 0.3) is 165 Å². The Morgan fingerprint density at radius 3 is 0.873 bits per heavy atom. The number of hydrogen-bond donors (Lipinski definition) is 0. The van der Waals surface area contributed by atoms with E-state index in [-0.39, 0.29) is 0 Å². The number of fused-ring (bicyclic) bond motifs is 13. The smallest absolute Gasteiger partial charge is 0.143 e. The molecule has 0 atom stereocenters. The average Bonchev–Trinajstić information content (AvgIpc) is 4.35. The van der Waals surface area contributed by atoms with E-state index in [0.29, 0.717) is 0 Å². The van der Waals surface area contributed by atoms with E-state index in [1.54, 1.807) is 0 Å². The van der Waals surface area contributed by atoms with Crippen LogP contribution in [0.5, 0.6) is 0 Å². The summed E-state index contributed by atoms with van der Waals surface area (Å²) < 4.78 is 14.0. The molecule has 366 valence electrons. The highest BCUT2D eigenvalue weighted by Gasteiger charge is 2.24. The van der Waals surface area contributed by atoms with Crippen LogP contribution >= 0.6 is 0 Å². The van der Waals surface area contributed by atoms with Gasteiger partial charge < -0.3 is 8.83 Å². The van der Waals surface area contributed by atoms with Gasteiger partial charge in [-0.2, -0.15) is 0 Å². The minimum atomic E-state index is 0.870. The summed E-state index contributed by atoms with van der Waals surface area (Å²) in [6, 6.07) is 98.3. The first-order valence-corrected chi connectivity index (χ1v) is 27.3. The molecule has 0 aliphatic heterocycles. The molecule has 14 aromatic carbocycles. The van der Waals surface area contributed by atoms with E-state index >= 15 is 0 Å². The molecule has 79 heavy (non-hydrogen) atoms. The minimum absolute atomic E-state index is 0.870. The molecule has 1 aliphatic rings. The van der Waals surface area contributed by atoms with Gasteiger partial charge in [0, 0.05) is 32.7 Å². The highest BCUT2D eigenvalue weighted by Crippen LogP contribution is 2.48. The summed E-state index contributed by atoms with van der Waals surface area (Å²) in [5.74, 6) is 0. The van der Waals surface area contributed by atoms with Crippen molar-refractivity contribution in [2.24, 2.45) is 0 Å². The van der Waals surface area contributed by atoms with Crippen LogP contribution in [-0.4, -0.2) is 0 Å². The first-order chi connectivity index (χ1) is 39.0. The average molecular weight is 1000 g/mol. The summed E-state index contributed by atoms with van der Waals surface area (Å²) in [6.45, 7) is 0. The zero-order chi connectivity index (χ0) is 51.7. The lowest BCUT2D eigenvalue weighted by atomic mass is 9.91. The van der Waals surface area contributed by atoms with Crippen molar-refractivity contribution in [1.82, 2.24) is 0 Å². The van der Waals surface area contributed by atoms with Crippen molar-refractivity contribution in [2.45, 2.75) is 6.42 Å². The Balaban J connectivity index is 0.827. The molecule has 2 heteroatoms. The van der Waals surface area contributed by atoms with Crippen molar-refractivity contribution in [3.8, 4) is 77.9 Å². The lowest BCUT2D eigenvalue weighted by molar-refractivity contribution is 0.669. The monoisotopic (exact) mass is 1000 g/mol. The molecule has 0 radical (unpaired) electrons. The third-order valence-corrected chi connectivity index (χ3v) is 17.0. The van der Waals surface area contributed by atoms with Crippen molar-refractivity contribution in [3.05, 3.63) is 278 Å². The van der Waals surface area contributed by atoms with Crippen LogP contribution in [-0.2, 0) is 6.42 Å². The van der Waals surface area contributed by atoms with Gasteiger partial charge in [0.25, 0.3) is 0 Å². The lowest BCUT2D eigenvalue weighted by Gasteiger charge is -2.12. The molecule has 2 nitrogen and oxygen atoms in total. The standard InChI is InChI=1S/C77H46O2/c1-5-13-50-33-54(21-17-46(50)9-1)58-29-31-74-70(38-58)72-44-64(56-23-19-48-11-3-7-15-52(48)35-56)42-68(76(72)78-74)62-27-25-60-37-61-26-28-63(41-67(61)66(60)40-62)69-43-65(57-24-20-49-12-4-8-16-53(49)36-57)45-73-71-39-59(30-32-75(71)79-77(69)73)55-22-18-47-10-2-6-14-51(47)34-55/h1-36,38-45H,37H2. The quantitative estimate of drug-likeness (QED) is 0.166. The molecule has 0 saturated heterocycles. The summed E-state index contributed by atoms with van der Waals surface area (Å²) in [5, 5.41) is 14.2. The van der Waals surface area contributed by atoms with E-state index in [4.69, 9.17) is 8.83 Å². The van der Waals surface area contributed by atoms with Crippen molar-refractivity contribution in [3.63, 3.8) is 0 Å². The van der Waals surface area contributed by atoms with Gasteiger partial charge in [-0.05, 0) is 212 Å². The fourth-order valence-electron chi connectivity index (χ4n) is 12.9. The normalized spacial score (nSPS) is 12.3. The lowest BCUT2D eigenvalue weighted by Crippen LogP contribution is -1.87. The van der Waals surface area contributed by atoms with Crippen LogP contribution in [0.3, 0.4) is 0 Å². The van der Waals surface area contributed by atoms with E-state index in [1.165, 1.54) is 87.6 Å². The van der Waals surface area contributed by atoms with Crippen LogP contribution in [0.1, 0.15) is 11.1 Å². The van der Waals surface area contributed by atoms with E-state index in [0.717, 1.165) is 94.8 Å². The van der Waals surface area contributed by atoms with Crippen molar-refractivity contribution in [1.29, 1.82) is 0 Å². The third kappa shape index (κ3) is 7.19. The maximum atomic E-state index is 7.00. The summed E-state index contributed by atoms with van der Waals surface area (Å²) in [6.07, 6.45) is 0.870. The molecule has 0 bridgehead atoms. The second kappa shape index (κ2) is 17.1. The Bertz CT molecular complexity index is 4910. The summed E-state index contributed by atoms with van der Waals surface area (Å²) in [5.41, 5.74) is 22.4. The minimum Gasteiger partial charge on any atom is -0.455 e. The largest absolute Gasteiger partial charge is 0.455 e. The van der Waals surface area contributed by atoms with Gasteiger partial charge in [0.1, 0.15) is 22.3 Å². The molecule has 0 saturated carbocycles. The van der Waals surface area contributed by atoms with Crippen molar-refractivity contribution < 1.29 is 8.83 Å². The molecule has 0 unspecified atom stereocenters. The van der Waals surface area contributed by atoms with Crippen molar-refractivity contribution in [2.75, 3.05) is 0 Å². The predicted molar refractivity (Wildman–Crippen MR) is 332 cm³/mol. The van der Waals surface area contributed by atoms with Crippen LogP contribution < -0.4 is 0 Å². The fourth-order valence-corrected chi connectivity index (χ4v) is 12.9. The second-order valence-electron chi connectivity index (χ2n) is 21.6. The van der Waals surface area contributed by atoms with Gasteiger partial charge in [-0.3, -0.25) is 0 Å². The summed E-state index contributed by atoms with van der Waals surface area (Å²) in [4.78, 5) is 0.